The van der Waals surface area contributed by atoms with Gasteiger partial charge in [0.05, 0.1) is 0 Å². The van der Waals surface area contributed by atoms with Crippen LogP contribution in [0.5, 0.6) is 0 Å². The molecule has 0 unspecified atom stereocenters. The first kappa shape index (κ1) is 18.4. The van der Waals surface area contributed by atoms with E-state index in [1.165, 1.54) is 42.5 Å². The summed E-state index contributed by atoms with van der Waals surface area (Å²) in [4.78, 5) is 42.5. The van der Waals surface area contributed by atoms with E-state index in [1.807, 2.05) is 0 Å². The minimum atomic E-state index is -0.571. The molecular formula is C16H16N4O4. The second-order valence-electron chi connectivity index (χ2n) is 4.62. The summed E-state index contributed by atoms with van der Waals surface area (Å²) in [5, 5.41) is 0. The van der Waals surface area contributed by atoms with Crippen molar-refractivity contribution in [2.45, 2.75) is 0 Å². The molecule has 8 heteroatoms. The van der Waals surface area contributed by atoms with Gasteiger partial charge in [0.1, 0.15) is 0 Å². The Morgan fingerprint density at radius 2 is 0.792 bits per heavy atom. The number of rotatable bonds is 4. The van der Waals surface area contributed by atoms with Gasteiger partial charge in [-0.15, -0.1) is 0 Å². The van der Waals surface area contributed by atoms with E-state index in [0.717, 1.165) is 0 Å². The predicted molar refractivity (Wildman–Crippen MR) is 87.0 cm³/mol. The Kier molecular flexibility index (Phi) is 6.19. The van der Waals surface area contributed by atoms with Crippen molar-refractivity contribution in [1.29, 1.82) is 0 Å². The minimum absolute atomic E-state index is 0.284. The van der Waals surface area contributed by atoms with E-state index in [4.69, 9.17) is 22.9 Å². The molecule has 2 aromatic rings. The lowest BCUT2D eigenvalue weighted by Gasteiger charge is -1.97. The molecule has 0 fully saturated rings. The zero-order valence-electron chi connectivity index (χ0n) is 12.6. The number of carbonyl (C=O) groups excluding carboxylic acids is 4. The maximum absolute atomic E-state index is 10.6. The molecule has 0 bridgehead atoms. The number of benzene rings is 2. The summed E-state index contributed by atoms with van der Waals surface area (Å²) in [5.41, 5.74) is 21.2. The minimum Gasteiger partial charge on any atom is -0.366 e. The van der Waals surface area contributed by atoms with Gasteiger partial charge in [0.25, 0.3) is 0 Å². The molecule has 0 aliphatic heterocycles. The van der Waals surface area contributed by atoms with E-state index in [1.54, 1.807) is 6.07 Å². The van der Waals surface area contributed by atoms with Gasteiger partial charge in [-0.2, -0.15) is 0 Å². The van der Waals surface area contributed by atoms with Crippen LogP contribution in [0.1, 0.15) is 41.4 Å². The van der Waals surface area contributed by atoms with Gasteiger partial charge in [0, 0.05) is 22.3 Å². The van der Waals surface area contributed by atoms with Gasteiger partial charge < -0.3 is 22.9 Å². The van der Waals surface area contributed by atoms with Gasteiger partial charge in [0.2, 0.25) is 23.6 Å². The average molecular weight is 328 g/mol. The van der Waals surface area contributed by atoms with Crippen LogP contribution >= 0.6 is 0 Å². The first-order chi connectivity index (χ1) is 11.2. The summed E-state index contributed by atoms with van der Waals surface area (Å²) < 4.78 is 0. The summed E-state index contributed by atoms with van der Waals surface area (Å²) in [6.07, 6.45) is 0. The van der Waals surface area contributed by atoms with Crippen molar-refractivity contribution in [3.8, 4) is 0 Å². The van der Waals surface area contributed by atoms with Crippen molar-refractivity contribution in [3.63, 3.8) is 0 Å². The van der Waals surface area contributed by atoms with E-state index in [-0.39, 0.29) is 11.1 Å². The van der Waals surface area contributed by atoms with Gasteiger partial charge in [-0.05, 0) is 42.5 Å². The van der Waals surface area contributed by atoms with Crippen molar-refractivity contribution < 1.29 is 19.2 Å². The van der Waals surface area contributed by atoms with Crippen molar-refractivity contribution >= 4 is 23.6 Å². The van der Waals surface area contributed by atoms with Gasteiger partial charge >= 0.3 is 0 Å². The molecule has 0 spiro atoms. The third-order valence-corrected chi connectivity index (χ3v) is 2.89. The molecule has 8 nitrogen and oxygen atoms in total. The number of carbonyl (C=O) groups is 4. The molecule has 0 aliphatic rings. The Hall–Kier alpha value is -3.68. The van der Waals surface area contributed by atoms with E-state index in [0.29, 0.717) is 11.1 Å². The zero-order chi connectivity index (χ0) is 18.3. The predicted octanol–water partition coefficient (Wildman–Crippen LogP) is -0.231. The fourth-order valence-corrected chi connectivity index (χ4v) is 1.62. The van der Waals surface area contributed by atoms with Crippen molar-refractivity contribution in [2.75, 3.05) is 0 Å². The van der Waals surface area contributed by atoms with Crippen molar-refractivity contribution in [3.05, 3.63) is 70.8 Å². The molecule has 0 heterocycles. The molecule has 0 aliphatic carbocycles. The Bertz CT molecular complexity index is 723. The quantitative estimate of drug-likeness (QED) is 0.607. The van der Waals surface area contributed by atoms with Crippen LogP contribution in [0.2, 0.25) is 0 Å². The lowest BCUT2D eigenvalue weighted by Crippen LogP contribution is -2.14. The van der Waals surface area contributed by atoms with Crippen LogP contribution in [0.25, 0.3) is 0 Å². The summed E-state index contributed by atoms with van der Waals surface area (Å²) >= 11 is 0. The molecule has 0 aromatic heterocycles. The summed E-state index contributed by atoms with van der Waals surface area (Å²) in [7, 11) is 0. The molecule has 0 radical (unpaired) electrons. The highest BCUT2D eigenvalue weighted by Gasteiger charge is 2.04. The summed E-state index contributed by atoms with van der Waals surface area (Å²) in [6, 6.07) is 11.8. The van der Waals surface area contributed by atoms with Gasteiger partial charge in [-0.25, -0.2) is 0 Å². The van der Waals surface area contributed by atoms with Crippen LogP contribution in [0.15, 0.2) is 48.5 Å². The monoisotopic (exact) mass is 328 g/mol. The van der Waals surface area contributed by atoms with E-state index in [9.17, 15) is 19.2 Å². The topological polar surface area (TPSA) is 172 Å². The Balaban J connectivity index is 0.000000240. The molecule has 24 heavy (non-hydrogen) atoms. The normalized spacial score (nSPS) is 9.33. The highest BCUT2D eigenvalue weighted by atomic mass is 16.2. The smallest absolute Gasteiger partial charge is 0.248 e. The maximum atomic E-state index is 10.6. The van der Waals surface area contributed by atoms with Gasteiger partial charge in [-0.1, -0.05) is 6.07 Å². The van der Waals surface area contributed by atoms with Crippen molar-refractivity contribution in [1.82, 2.24) is 0 Å². The molecule has 0 atom stereocenters. The van der Waals surface area contributed by atoms with Crippen LogP contribution in [0, 0.1) is 0 Å². The lowest BCUT2D eigenvalue weighted by molar-refractivity contribution is 0.0988. The number of hydrogen-bond donors (Lipinski definition) is 4. The van der Waals surface area contributed by atoms with Gasteiger partial charge in [0.15, 0.2) is 0 Å². The Morgan fingerprint density at radius 3 is 1.04 bits per heavy atom. The number of amides is 4. The van der Waals surface area contributed by atoms with Crippen LogP contribution in [0.4, 0.5) is 0 Å². The first-order valence-corrected chi connectivity index (χ1v) is 6.61. The maximum Gasteiger partial charge on any atom is 0.248 e. The zero-order valence-corrected chi connectivity index (χ0v) is 12.6. The molecule has 8 N–H and O–H groups in total. The van der Waals surface area contributed by atoms with E-state index >= 15 is 0 Å². The number of primary amides is 4. The second-order valence-corrected chi connectivity index (χ2v) is 4.62. The van der Waals surface area contributed by atoms with E-state index in [2.05, 4.69) is 0 Å². The summed E-state index contributed by atoms with van der Waals surface area (Å²) in [6.45, 7) is 0. The molecule has 4 amide bonds. The fourth-order valence-electron chi connectivity index (χ4n) is 1.62. The average Bonchev–Trinajstić information content (AvgIpc) is 2.55. The molecule has 124 valence electrons. The van der Waals surface area contributed by atoms with Crippen LogP contribution < -0.4 is 22.9 Å². The standard InChI is InChI=1S/2C8H8N2O2/c9-7(11)5-1-2-6(4-3-5)8(10)12;9-7(11)5-2-1-3-6(4-5)8(10)12/h2*1-4H,(H2,9,11)(H2,10,12). The molecule has 2 rings (SSSR count). The fraction of sp³-hybridized carbons (Fsp3) is 0. The van der Waals surface area contributed by atoms with Gasteiger partial charge in [-0.3, -0.25) is 19.2 Å². The number of hydrogen-bond acceptors (Lipinski definition) is 4. The van der Waals surface area contributed by atoms with Crippen LogP contribution in [-0.2, 0) is 0 Å². The van der Waals surface area contributed by atoms with E-state index < -0.39 is 23.6 Å². The second kappa shape index (κ2) is 8.08. The highest BCUT2D eigenvalue weighted by Crippen LogP contribution is 2.03. The Labute approximate surface area is 137 Å². The lowest BCUT2D eigenvalue weighted by atomic mass is 10.1. The Morgan fingerprint density at radius 1 is 0.500 bits per heavy atom. The van der Waals surface area contributed by atoms with Crippen LogP contribution in [-0.4, -0.2) is 23.6 Å². The first-order valence-electron chi connectivity index (χ1n) is 6.61. The largest absolute Gasteiger partial charge is 0.366 e. The number of nitrogens with two attached hydrogens (primary N) is 4. The van der Waals surface area contributed by atoms with Crippen molar-refractivity contribution in [2.24, 2.45) is 22.9 Å². The molecule has 0 saturated carbocycles. The molecule has 0 saturated heterocycles. The molecule has 2 aromatic carbocycles. The SMILES string of the molecule is NC(=O)c1ccc(C(N)=O)cc1.NC(=O)c1cccc(C(N)=O)c1. The van der Waals surface area contributed by atoms with Crippen LogP contribution in [0.3, 0.4) is 0 Å². The molecular weight excluding hydrogens is 312 g/mol. The third kappa shape index (κ3) is 5.26. The summed E-state index contributed by atoms with van der Waals surface area (Å²) in [5.74, 6) is -2.19. The highest BCUT2D eigenvalue weighted by molar-refractivity contribution is 5.98. The third-order valence-electron chi connectivity index (χ3n) is 2.89.